The average Bonchev–Trinajstić information content (AvgIpc) is 2.73. The normalized spacial score (nSPS) is 10.9. The monoisotopic (exact) mass is 396 g/mol. The van der Waals surface area contributed by atoms with Crippen molar-refractivity contribution in [3.63, 3.8) is 0 Å². The second-order valence-electron chi connectivity index (χ2n) is 6.01. The van der Waals surface area contributed by atoms with Crippen LogP contribution in [0.25, 0.3) is 0 Å². The highest BCUT2D eigenvalue weighted by Gasteiger charge is 2.16. The van der Waals surface area contributed by atoms with Crippen LogP contribution >= 0.6 is 0 Å². The number of hydrogen-bond donors (Lipinski definition) is 2. The van der Waals surface area contributed by atoms with Crippen LogP contribution in [0.4, 0.5) is 5.69 Å². The zero-order chi connectivity index (χ0) is 20.0. The topological polar surface area (TPSA) is 84.5 Å². The van der Waals surface area contributed by atoms with Gasteiger partial charge in [0.15, 0.2) is 0 Å². The summed E-state index contributed by atoms with van der Waals surface area (Å²) in [6.07, 6.45) is 0. The molecule has 0 fully saturated rings. The standard InChI is InChI=1S/C21H20N2O4S/c1-22-21(24)17-8-5-9-20(14-17)28(25,26)23-18-10-12-19(13-11-18)27-15-16-6-3-2-4-7-16/h2-14,23H,15H2,1H3,(H,22,24). The summed E-state index contributed by atoms with van der Waals surface area (Å²) < 4.78 is 33.4. The minimum atomic E-state index is -3.82. The number of anilines is 1. The van der Waals surface area contributed by atoms with Crippen LogP contribution in [0.3, 0.4) is 0 Å². The molecule has 0 bridgehead atoms. The third kappa shape index (κ3) is 4.89. The van der Waals surface area contributed by atoms with E-state index >= 15 is 0 Å². The van der Waals surface area contributed by atoms with E-state index in [1.54, 1.807) is 30.3 Å². The number of hydrogen-bond acceptors (Lipinski definition) is 4. The van der Waals surface area contributed by atoms with E-state index in [1.807, 2.05) is 30.3 Å². The van der Waals surface area contributed by atoms with Crippen LogP contribution in [-0.2, 0) is 16.6 Å². The van der Waals surface area contributed by atoms with E-state index in [-0.39, 0.29) is 16.4 Å². The molecule has 0 aliphatic carbocycles. The number of nitrogens with one attached hydrogen (secondary N) is 2. The number of benzene rings is 3. The molecule has 0 saturated heterocycles. The SMILES string of the molecule is CNC(=O)c1cccc(S(=O)(=O)Nc2ccc(OCc3ccccc3)cc2)c1. The smallest absolute Gasteiger partial charge is 0.261 e. The lowest BCUT2D eigenvalue weighted by Crippen LogP contribution is -2.19. The van der Waals surface area contributed by atoms with Crippen LogP contribution in [0.15, 0.2) is 83.8 Å². The van der Waals surface area contributed by atoms with Gasteiger partial charge in [-0.15, -0.1) is 0 Å². The van der Waals surface area contributed by atoms with Gasteiger partial charge in [0.2, 0.25) is 0 Å². The van der Waals surface area contributed by atoms with Crippen molar-refractivity contribution < 1.29 is 17.9 Å². The van der Waals surface area contributed by atoms with Gasteiger partial charge < -0.3 is 10.1 Å². The zero-order valence-electron chi connectivity index (χ0n) is 15.3. The number of carbonyl (C=O) groups is 1. The molecule has 144 valence electrons. The van der Waals surface area contributed by atoms with Crippen molar-refractivity contribution in [1.29, 1.82) is 0 Å². The van der Waals surface area contributed by atoms with E-state index in [0.29, 0.717) is 18.0 Å². The maximum absolute atomic E-state index is 12.6. The molecule has 3 aromatic carbocycles. The summed E-state index contributed by atoms with van der Waals surface area (Å²) >= 11 is 0. The Bertz CT molecular complexity index is 1050. The molecular weight excluding hydrogens is 376 g/mol. The van der Waals surface area contributed by atoms with Gasteiger partial charge >= 0.3 is 0 Å². The van der Waals surface area contributed by atoms with E-state index in [9.17, 15) is 13.2 Å². The Balaban J connectivity index is 1.68. The summed E-state index contributed by atoms with van der Waals surface area (Å²) in [7, 11) is -2.33. The Hall–Kier alpha value is -3.32. The van der Waals surface area contributed by atoms with Crippen molar-refractivity contribution in [2.45, 2.75) is 11.5 Å². The largest absolute Gasteiger partial charge is 0.489 e. The quantitative estimate of drug-likeness (QED) is 0.641. The number of sulfonamides is 1. The summed E-state index contributed by atoms with van der Waals surface area (Å²) in [5, 5.41) is 2.47. The fraction of sp³-hybridized carbons (Fsp3) is 0.0952. The van der Waals surface area contributed by atoms with Crippen LogP contribution < -0.4 is 14.8 Å². The van der Waals surface area contributed by atoms with Gasteiger partial charge in [-0.25, -0.2) is 8.42 Å². The fourth-order valence-electron chi connectivity index (χ4n) is 2.52. The number of amides is 1. The molecule has 0 radical (unpaired) electrons. The first-order valence-electron chi connectivity index (χ1n) is 8.60. The Morgan fingerprint density at radius 3 is 2.32 bits per heavy atom. The zero-order valence-corrected chi connectivity index (χ0v) is 16.1. The fourth-order valence-corrected chi connectivity index (χ4v) is 3.63. The van der Waals surface area contributed by atoms with E-state index < -0.39 is 10.0 Å². The molecule has 6 nitrogen and oxygen atoms in total. The van der Waals surface area contributed by atoms with Crippen LogP contribution in [0, 0.1) is 0 Å². The molecule has 3 rings (SSSR count). The van der Waals surface area contributed by atoms with Gasteiger partial charge in [-0.2, -0.15) is 0 Å². The van der Waals surface area contributed by atoms with Crippen LogP contribution in [-0.4, -0.2) is 21.4 Å². The summed E-state index contributed by atoms with van der Waals surface area (Å²) in [6.45, 7) is 0.429. The summed E-state index contributed by atoms with van der Waals surface area (Å²) in [4.78, 5) is 11.7. The van der Waals surface area contributed by atoms with E-state index in [2.05, 4.69) is 10.0 Å². The second-order valence-corrected chi connectivity index (χ2v) is 7.69. The number of rotatable bonds is 7. The van der Waals surface area contributed by atoms with Crippen LogP contribution in [0.5, 0.6) is 5.75 Å². The summed E-state index contributed by atoms with van der Waals surface area (Å²) in [6, 6.07) is 22.2. The molecule has 0 atom stereocenters. The molecule has 2 N–H and O–H groups in total. The first-order valence-corrected chi connectivity index (χ1v) is 10.1. The highest BCUT2D eigenvalue weighted by molar-refractivity contribution is 7.92. The molecule has 1 amide bonds. The van der Waals surface area contributed by atoms with Crippen molar-refractivity contribution in [3.8, 4) is 5.75 Å². The van der Waals surface area contributed by atoms with Crippen molar-refractivity contribution in [3.05, 3.63) is 90.0 Å². The maximum Gasteiger partial charge on any atom is 0.261 e. The molecule has 0 aliphatic rings. The Labute approximate surface area is 164 Å². The molecule has 0 aromatic heterocycles. The van der Waals surface area contributed by atoms with Gasteiger partial charge in [0.25, 0.3) is 15.9 Å². The van der Waals surface area contributed by atoms with Crippen molar-refractivity contribution in [2.75, 3.05) is 11.8 Å². The lowest BCUT2D eigenvalue weighted by molar-refractivity contribution is 0.0963. The van der Waals surface area contributed by atoms with Gasteiger partial charge in [0.1, 0.15) is 12.4 Å². The third-order valence-electron chi connectivity index (χ3n) is 3.99. The molecule has 0 heterocycles. The third-order valence-corrected chi connectivity index (χ3v) is 5.37. The lowest BCUT2D eigenvalue weighted by atomic mass is 10.2. The molecule has 7 heteroatoms. The highest BCUT2D eigenvalue weighted by Crippen LogP contribution is 2.21. The van der Waals surface area contributed by atoms with Crippen molar-refractivity contribution >= 4 is 21.6 Å². The minimum absolute atomic E-state index is 0.0120. The second kappa shape index (κ2) is 8.58. The molecule has 0 aliphatic heterocycles. The Kier molecular flexibility index (Phi) is 5.96. The van der Waals surface area contributed by atoms with Gasteiger partial charge in [-0.3, -0.25) is 9.52 Å². The predicted octanol–water partition coefficient (Wildman–Crippen LogP) is 3.43. The predicted molar refractivity (Wildman–Crippen MR) is 108 cm³/mol. The van der Waals surface area contributed by atoms with Gasteiger partial charge in [-0.05, 0) is 48.0 Å². The number of ether oxygens (including phenoxy) is 1. The van der Waals surface area contributed by atoms with Gasteiger partial charge in [0.05, 0.1) is 4.90 Å². The Morgan fingerprint density at radius 2 is 1.64 bits per heavy atom. The molecule has 3 aromatic rings. The molecule has 0 spiro atoms. The van der Waals surface area contributed by atoms with Gasteiger partial charge in [0, 0.05) is 18.3 Å². The number of carbonyl (C=O) groups excluding carboxylic acids is 1. The summed E-state index contributed by atoms with van der Waals surface area (Å²) in [5.74, 6) is 0.283. The van der Waals surface area contributed by atoms with Gasteiger partial charge in [-0.1, -0.05) is 36.4 Å². The first kappa shape index (κ1) is 19.4. The van der Waals surface area contributed by atoms with E-state index in [1.165, 1.54) is 25.2 Å². The maximum atomic E-state index is 12.6. The minimum Gasteiger partial charge on any atom is -0.489 e. The summed E-state index contributed by atoms with van der Waals surface area (Å²) in [5.41, 5.74) is 1.72. The first-order chi connectivity index (χ1) is 13.5. The van der Waals surface area contributed by atoms with Crippen LogP contribution in [0.1, 0.15) is 15.9 Å². The molecule has 28 heavy (non-hydrogen) atoms. The lowest BCUT2D eigenvalue weighted by Gasteiger charge is -2.11. The van der Waals surface area contributed by atoms with Crippen LogP contribution in [0.2, 0.25) is 0 Å². The van der Waals surface area contributed by atoms with E-state index in [0.717, 1.165) is 5.56 Å². The highest BCUT2D eigenvalue weighted by atomic mass is 32.2. The molecule has 0 saturated carbocycles. The van der Waals surface area contributed by atoms with Crippen molar-refractivity contribution in [1.82, 2.24) is 5.32 Å². The Morgan fingerprint density at radius 1 is 0.929 bits per heavy atom. The van der Waals surface area contributed by atoms with Crippen molar-refractivity contribution in [2.24, 2.45) is 0 Å². The molecule has 0 unspecified atom stereocenters. The van der Waals surface area contributed by atoms with E-state index in [4.69, 9.17) is 4.74 Å². The molecular formula is C21H20N2O4S. The average molecular weight is 396 g/mol.